The molecule has 2 aromatic carbocycles. The standard InChI is InChI=1S/C24H23N3OS2/c1-3-16(2)18-11-7-8-12-20(18)27-21(28)14-30-24-22-19(17-9-5-4-6-10-17)13-29-23(22)25-15-26-24/h4-13,15-16H,3,14H2,1-2H3,(H,27,28)/t16-/m1/s1. The molecule has 0 saturated carbocycles. The molecule has 0 unspecified atom stereocenters. The minimum absolute atomic E-state index is 0.0287. The van der Waals surface area contributed by atoms with Gasteiger partial charge in [0.15, 0.2) is 0 Å². The summed E-state index contributed by atoms with van der Waals surface area (Å²) in [5.74, 6) is 0.666. The number of carbonyl (C=O) groups is 1. The zero-order chi connectivity index (χ0) is 20.9. The molecule has 0 aliphatic rings. The van der Waals surface area contributed by atoms with Crippen LogP contribution >= 0.6 is 23.1 Å². The van der Waals surface area contributed by atoms with Crippen LogP contribution in [0.3, 0.4) is 0 Å². The van der Waals surface area contributed by atoms with E-state index >= 15 is 0 Å². The lowest BCUT2D eigenvalue weighted by Gasteiger charge is -2.15. The van der Waals surface area contributed by atoms with Gasteiger partial charge in [-0.2, -0.15) is 0 Å². The fourth-order valence-electron chi connectivity index (χ4n) is 3.37. The molecule has 0 aliphatic carbocycles. The molecule has 2 aromatic heterocycles. The zero-order valence-electron chi connectivity index (χ0n) is 17.0. The molecule has 152 valence electrons. The second kappa shape index (κ2) is 9.41. The number of hydrogen-bond donors (Lipinski definition) is 1. The van der Waals surface area contributed by atoms with Crippen molar-refractivity contribution < 1.29 is 4.79 Å². The first kappa shape index (κ1) is 20.6. The van der Waals surface area contributed by atoms with E-state index in [1.54, 1.807) is 17.7 Å². The van der Waals surface area contributed by atoms with E-state index in [0.717, 1.165) is 38.5 Å². The van der Waals surface area contributed by atoms with E-state index in [9.17, 15) is 4.79 Å². The number of thioether (sulfide) groups is 1. The molecule has 2 heterocycles. The van der Waals surface area contributed by atoms with Crippen LogP contribution in [0.1, 0.15) is 31.7 Å². The van der Waals surface area contributed by atoms with Gasteiger partial charge in [-0.05, 0) is 29.5 Å². The molecule has 4 rings (SSSR count). The smallest absolute Gasteiger partial charge is 0.234 e. The number of para-hydroxylation sites is 1. The van der Waals surface area contributed by atoms with Crippen LogP contribution in [0.4, 0.5) is 5.69 Å². The average Bonchev–Trinajstić information content (AvgIpc) is 3.23. The Kier molecular flexibility index (Phi) is 6.45. The quantitative estimate of drug-likeness (QED) is 0.263. The van der Waals surface area contributed by atoms with Crippen molar-refractivity contribution in [2.75, 3.05) is 11.1 Å². The second-order valence-corrected chi connectivity index (χ2v) is 8.93. The number of nitrogens with one attached hydrogen (secondary N) is 1. The Morgan fingerprint density at radius 3 is 2.67 bits per heavy atom. The number of amides is 1. The maximum Gasteiger partial charge on any atom is 0.234 e. The van der Waals surface area contributed by atoms with Crippen LogP contribution in [0.15, 0.2) is 71.3 Å². The molecule has 1 N–H and O–H groups in total. The zero-order valence-corrected chi connectivity index (χ0v) is 18.6. The molecular weight excluding hydrogens is 410 g/mol. The first-order chi connectivity index (χ1) is 14.7. The number of anilines is 1. The molecule has 0 radical (unpaired) electrons. The molecular formula is C24H23N3OS2. The SMILES string of the molecule is CC[C@@H](C)c1ccccc1NC(=O)CSc1ncnc2scc(-c3ccccc3)c12. The number of aromatic nitrogens is 2. The number of nitrogens with zero attached hydrogens (tertiary/aromatic N) is 2. The number of benzene rings is 2. The van der Waals surface area contributed by atoms with Crippen LogP contribution < -0.4 is 5.32 Å². The lowest BCUT2D eigenvalue weighted by Crippen LogP contribution is -2.16. The Hall–Kier alpha value is -2.70. The van der Waals surface area contributed by atoms with E-state index in [2.05, 4.69) is 52.7 Å². The first-order valence-electron chi connectivity index (χ1n) is 9.96. The van der Waals surface area contributed by atoms with Crippen LogP contribution in [-0.4, -0.2) is 21.6 Å². The van der Waals surface area contributed by atoms with E-state index < -0.39 is 0 Å². The van der Waals surface area contributed by atoms with Gasteiger partial charge in [0.05, 0.1) is 11.1 Å². The predicted molar refractivity (Wildman–Crippen MR) is 127 cm³/mol. The van der Waals surface area contributed by atoms with Crippen LogP contribution in [0.5, 0.6) is 0 Å². The Morgan fingerprint density at radius 2 is 1.87 bits per heavy atom. The Labute approximate surface area is 184 Å². The average molecular weight is 434 g/mol. The van der Waals surface area contributed by atoms with Crippen LogP contribution in [0, 0.1) is 0 Å². The predicted octanol–water partition coefficient (Wildman–Crippen LogP) is 6.60. The van der Waals surface area contributed by atoms with Gasteiger partial charge in [0, 0.05) is 16.6 Å². The summed E-state index contributed by atoms with van der Waals surface area (Å²) in [6, 6.07) is 18.3. The molecule has 4 nitrogen and oxygen atoms in total. The van der Waals surface area contributed by atoms with Gasteiger partial charge in [-0.3, -0.25) is 4.79 Å². The topological polar surface area (TPSA) is 54.9 Å². The summed E-state index contributed by atoms with van der Waals surface area (Å²) in [5.41, 5.74) is 4.31. The summed E-state index contributed by atoms with van der Waals surface area (Å²) >= 11 is 3.06. The summed E-state index contributed by atoms with van der Waals surface area (Å²) in [4.78, 5) is 22.5. The second-order valence-electron chi connectivity index (χ2n) is 7.11. The summed E-state index contributed by atoms with van der Waals surface area (Å²) in [6.45, 7) is 4.34. The molecule has 30 heavy (non-hydrogen) atoms. The number of hydrogen-bond acceptors (Lipinski definition) is 5. The van der Waals surface area contributed by atoms with Gasteiger partial charge in [-0.25, -0.2) is 9.97 Å². The van der Waals surface area contributed by atoms with Crippen LogP contribution in [-0.2, 0) is 4.79 Å². The van der Waals surface area contributed by atoms with E-state index in [-0.39, 0.29) is 5.91 Å². The normalized spacial score (nSPS) is 12.1. The Balaban J connectivity index is 1.54. The fourth-order valence-corrected chi connectivity index (χ4v) is 5.16. The molecule has 4 aromatic rings. The third kappa shape index (κ3) is 4.40. The number of carbonyl (C=O) groups excluding carboxylic acids is 1. The molecule has 0 fully saturated rings. The maximum absolute atomic E-state index is 12.7. The van der Waals surface area contributed by atoms with Crippen molar-refractivity contribution in [3.8, 4) is 11.1 Å². The van der Waals surface area contributed by atoms with Crippen molar-refractivity contribution in [3.63, 3.8) is 0 Å². The third-order valence-corrected chi connectivity index (χ3v) is 7.01. The molecule has 1 amide bonds. The van der Waals surface area contributed by atoms with Gasteiger partial charge in [0.25, 0.3) is 0 Å². The van der Waals surface area contributed by atoms with E-state index in [0.29, 0.717) is 11.7 Å². The molecule has 0 aliphatic heterocycles. The summed E-state index contributed by atoms with van der Waals surface area (Å²) in [6.07, 6.45) is 2.60. The van der Waals surface area contributed by atoms with Gasteiger partial charge in [-0.15, -0.1) is 11.3 Å². The molecule has 0 spiro atoms. The van der Waals surface area contributed by atoms with Crippen molar-refractivity contribution in [2.24, 2.45) is 0 Å². The van der Waals surface area contributed by atoms with Crippen molar-refractivity contribution in [1.29, 1.82) is 0 Å². The van der Waals surface area contributed by atoms with Gasteiger partial charge in [-0.1, -0.05) is 74.1 Å². The van der Waals surface area contributed by atoms with E-state index in [1.165, 1.54) is 17.3 Å². The summed E-state index contributed by atoms with van der Waals surface area (Å²) in [7, 11) is 0. The monoisotopic (exact) mass is 433 g/mol. The van der Waals surface area contributed by atoms with Crippen LogP contribution in [0.2, 0.25) is 0 Å². The molecule has 0 bridgehead atoms. The van der Waals surface area contributed by atoms with Crippen molar-refractivity contribution >= 4 is 44.9 Å². The lowest BCUT2D eigenvalue weighted by molar-refractivity contribution is -0.113. The minimum Gasteiger partial charge on any atom is -0.325 e. The number of rotatable bonds is 7. The van der Waals surface area contributed by atoms with Crippen molar-refractivity contribution in [2.45, 2.75) is 31.2 Å². The highest BCUT2D eigenvalue weighted by Gasteiger charge is 2.16. The fraction of sp³-hybridized carbons (Fsp3) is 0.208. The number of thiophene rings is 1. The first-order valence-corrected chi connectivity index (χ1v) is 11.8. The minimum atomic E-state index is -0.0287. The van der Waals surface area contributed by atoms with Gasteiger partial charge in [0.2, 0.25) is 5.91 Å². The van der Waals surface area contributed by atoms with Gasteiger partial charge in [0.1, 0.15) is 16.2 Å². The Morgan fingerprint density at radius 1 is 1.10 bits per heavy atom. The van der Waals surface area contributed by atoms with Crippen molar-refractivity contribution in [3.05, 3.63) is 71.9 Å². The highest BCUT2D eigenvalue weighted by atomic mass is 32.2. The highest BCUT2D eigenvalue weighted by Crippen LogP contribution is 2.37. The van der Waals surface area contributed by atoms with E-state index in [1.807, 2.05) is 36.4 Å². The molecule has 0 saturated heterocycles. The third-order valence-electron chi connectivity index (χ3n) is 5.14. The maximum atomic E-state index is 12.7. The summed E-state index contributed by atoms with van der Waals surface area (Å²) in [5, 5.41) is 7.05. The van der Waals surface area contributed by atoms with Gasteiger partial charge < -0.3 is 5.32 Å². The van der Waals surface area contributed by atoms with Crippen molar-refractivity contribution in [1.82, 2.24) is 9.97 Å². The Bertz CT molecular complexity index is 1160. The largest absolute Gasteiger partial charge is 0.325 e. The van der Waals surface area contributed by atoms with E-state index in [4.69, 9.17) is 0 Å². The summed E-state index contributed by atoms with van der Waals surface area (Å²) < 4.78 is 0. The molecule has 1 atom stereocenters. The highest BCUT2D eigenvalue weighted by molar-refractivity contribution is 8.00. The lowest BCUT2D eigenvalue weighted by atomic mass is 9.97. The molecule has 6 heteroatoms. The number of fused-ring (bicyclic) bond motifs is 1. The van der Waals surface area contributed by atoms with Gasteiger partial charge >= 0.3 is 0 Å². The van der Waals surface area contributed by atoms with Crippen LogP contribution in [0.25, 0.3) is 21.3 Å².